The molecule has 0 saturated carbocycles. The van der Waals surface area contributed by atoms with E-state index in [0.717, 1.165) is 5.69 Å². The highest BCUT2D eigenvalue weighted by Gasteiger charge is 2.07. The number of benzene rings is 1. The van der Waals surface area contributed by atoms with Crippen molar-refractivity contribution in [3.8, 4) is 0 Å². The molecule has 0 spiro atoms. The number of carbonyl (C=O) groups is 1. The number of hydrogen-bond donors (Lipinski definition) is 2. The summed E-state index contributed by atoms with van der Waals surface area (Å²) >= 11 is 0. The zero-order valence-corrected chi connectivity index (χ0v) is 8.55. The van der Waals surface area contributed by atoms with Crippen LogP contribution in [0.4, 0.5) is 11.4 Å². The minimum Gasteiger partial charge on any atom is -0.366 e. The molecular formula is C12H11N3O. The number of rotatable bonds is 3. The van der Waals surface area contributed by atoms with Crippen LogP contribution < -0.4 is 11.1 Å². The molecule has 0 atom stereocenters. The van der Waals surface area contributed by atoms with E-state index < -0.39 is 5.91 Å². The molecule has 4 heteroatoms. The van der Waals surface area contributed by atoms with Gasteiger partial charge in [0.15, 0.2) is 0 Å². The minimum absolute atomic E-state index is 0.429. The van der Waals surface area contributed by atoms with E-state index in [1.807, 2.05) is 30.3 Å². The second kappa shape index (κ2) is 4.44. The number of aromatic nitrogens is 1. The summed E-state index contributed by atoms with van der Waals surface area (Å²) in [6.07, 6.45) is 3.11. The number of nitrogens with one attached hydrogen (secondary N) is 1. The van der Waals surface area contributed by atoms with Crippen LogP contribution in [0.5, 0.6) is 0 Å². The molecule has 2 aromatic rings. The number of hydrogen-bond acceptors (Lipinski definition) is 3. The van der Waals surface area contributed by atoms with Crippen LogP contribution in [0.3, 0.4) is 0 Å². The lowest BCUT2D eigenvalue weighted by molar-refractivity contribution is 0.100. The predicted molar refractivity (Wildman–Crippen MR) is 62.5 cm³/mol. The lowest BCUT2D eigenvalue weighted by Crippen LogP contribution is -2.13. The average molecular weight is 213 g/mol. The molecule has 3 N–H and O–H groups in total. The summed E-state index contributed by atoms with van der Waals surface area (Å²) in [5.74, 6) is -0.471. The van der Waals surface area contributed by atoms with E-state index in [9.17, 15) is 4.79 Å². The molecule has 4 nitrogen and oxygen atoms in total. The quantitative estimate of drug-likeness (QED) is 0.818. The Bertz CT molecular complexity index is 497. The van der Waals surface area contributed by atoms with Crippen LogP contribution in [0.15, 0.2) is 48.8 Å². The summed E-state index contributed by atoms with van der Waals surface area (Å²) < 4.78 is 0. The third kappa shape index (κ3) is 2.17. The van der Waals surface area contributed by atoms with Gasteiger partial charge in [0, 0.05) is 11.9 Å². The van der Waals surface area contributed by atoms with E-state index in [4.69, 9.17) is 5.73 Å². The maximum atomic E-state index is 11.2. The molecule has 2 rings (SSSR count). The average Bonchev–Trinajstić information content (AvgIpc) is 2.31. The molecule has 0 unspecified atom stereocenters. The van der Waals surface area contributed by atoms with Crippen LogP contribution >= 0.6 is 0 Å². The van der Waals surface area contributed by atoms with E-state index in [1.165, 1.54) is 6.20 Å². The van der Waals surface area contributed by atoms with Crippen molar-refractivity contribution in [2.75, 3.05) is 5.32 Å². The van der Waals surface area contributed by atoms with Crippen LogP contribution in [0.2, 0.25) is 0 Å². The molecular weight excluding hydrogens is 202 g/mol. The van der Waals surface area contributed by atoms with Crippen molar-refractivity contribution in [2.45, 2.75) is 0 Å². The predicted octanol–water partition coefficient (Wildman–Crippen LogP) is 1.92. The highest BCUT2D eigenvalue weighted by molar-refractivity contribution is 5.98. The second-order valence-corrected chi connectivity index (χ2v) is 3.28. The summed E-state index contributed by atoms with van der Waals surface area (Å²) in [6, 6.07) is 11.1. The number of primary amides is 1. The molecule has 0 saturated heterocycles. The van der Waals surface area contributed by atoms with Gasteiger partial charge < -0.3 is 11.1 Å². The molecule has 0 aliphatic rings. The number of carbonyl (C=O) groups excluding carboxylic acids is 1. The van der Waals surface area contributed by atoms with E-state index in [1.54, 1.807) is 12.3 Å². The van der Waals surface area contributed by atoms with Gasteiger partial charge in [-0.25, -0.2) is 0 Å². The van der Waals surface area contributed by atoms with Crippen molar-refractivity contribution in [2.24, 2.45) is 5.73 Å². The molecule has 0 bridgehead atoms. The summed E-state index contributed by atoms with van der Waals surface area (Å²) in [5, 5.41) is 3.09. The molecule has 0 aliphatic heterocycles. The van der Waals surface area contributed by atoms with Crippen LogP contribution in [-0.4, -0.2) is 10.9 Å². The van der Waals surface area contributed by atoms with E-state index in [2.05, 4.69) is 10.3 Å². The fourth-order valence-electron chi connectivity index (χ4n) is 1.39. The molecule has 16 heavy (non-hydrogen) atoms. The standard InChI is InChI=1S/C12H11N3O/c13-12(16)10-6-7-14-8-11(10)15-9-4-2-1-3-5-9/h1-8,15H,(H2,13,16). The van der Waals surface area contributed by atoms with Crippen LogP contribution in [0, 0.1) is 0 Å². The van der Waals surface area contributed by atoms with Crippen molar-refractivity contribution in [1.82, 2.24) is 4.98 Å². The van der Waals surface area contributed by atoms with Crippen molar-refractivity contribution in [1.29, 1.82) is 0 Å². The molecule has 1 heterocycles. The zero-order valence-electron chi connectivity index (χ0n) is 8.55. The van der Waals surface area contributed by atoms with Gasteiger partial charge in [-0.15, -0.1) is 0 Å². The van der Waals surface area contributed by atoms with Gasteiger partial charge in [0.05, 0.1) is 17.4 Å². The monoisotopic (exact) mass is 213 g/mol. The summed E-state index contributed by atoms with van der Waals surface area (Å²) in [7, 11) is 0. The molecule has 1 aromatic carbocycles. The Balaban J connectivity index is 2.31. The van der Waals surface area contributed by atoms with Gasteiger partial charge in [0.1, 0.15) is 0 Å². The van der Waals surface area contributed by atoms with Gasteiger partial charge in [-0.3, -0.25) is 9.78 Å². The highest BCUT2D eigenvalue weighted by atomic mass is 16.1. The molecule has 80 valence electrons. The minimum atomic E-state index is -0.471. The Morgan fingerprint density at radius 2 is 1.94 bits per heavy atom. The van der Waals surface area contributed by atoms with Crippen LogP contribution in [0.25, 0.3) is 0 Å². The number of pyridine rings is 1. The van der Waals surface area contributed by atoms with Crippen molar-refractivity contribution in [3.05, 3.63) is 54.4 Å². The Morgan fingerprint density at radius 3 is 2.62 bits per heavy atom. The normalized spacial score (nSPS) is 9.75. The zero-order chi connectivity index (χ0) is 11.4. The van der Waals surface area contributed by atoms with Crippen LogP contribution in [0.1, 0.15) is 10.4 Å². The second-order valence-electron chi connectivity index (χ2n) is 3.28. The fraction of sp³-hybridized carbons (Fsp3) is 0. The molecule has 0 radical (unpaired) electrons. The molecule has 0 fully saturated rings. The summed E-state index contributed by atoms with van der Waals surface area (Å²) in [6.45, 7) is 0. The number of para-hydroxylation sites is 1. The lowest BCUT2D eigenvalue weighted by Gasteiger charge is -2.08. The number of nitrogens with zero attached hydrogens (tertiary/aromatic N) is 1. The summed E-state index contributed by atoms with van der Waals surface area (Å²) in [5.41, 5.74) is 7.19. The molecule has 1 aromatic heterocycles. The Kier molecular flexibility index (Phi) is 2.82. The van der Waals surface area contributed by atoms with Gasteiger partial charge >= 0.3 is 0 Å². The van der Waals surface area contributed by atoms with E-state index in [-0.39, 0.29) is 0 Å². The first-order valence-electron chi connectivity index (χ1n) is 4.83. The van der Waals surface area contributed by atoms with Crippen LogP contribution in [-0.2, 0) is 0 Å². The number of anilines is 2. The van der Waals surface area contributed by atoms with Gasteiger partial charge in [-0.2, -0.15) is 0 Å². The van der Waals surface area contributed by atoms with Crippen molar-refractivity contribution < 1.29 is 4.79 Å². The first-order valence-corrected chi connectivity index (χ1v) is 4.83. The van der Waals surface area contributed by atoms with Gasteiger partial charge in [0.2, 0.25) is 0 Å². The topological polar surface area (TPSA) is 68.0 Å². The van der Waals surface area contributed by atoms with Gasteiger partial charge in [-0.05, 0) is 18.2 Å². The third-order valence-corrected chi connectivity index (χ3v) is 2.14. The highest BCUT2D eigenvalue weighted by Crippen LogP contribution is 2.18. The lowest BCUT2D eigenvalue weighted by atomic mass is 10.2. The first kappa shape index (κ1) is 10.2. The van der Waals surface area contributed by atoms with Crippen molar-refractivity contribution in [3.63, 3.8) is 0 Å². The number of amides is 1. The summed E-state index contributed by atoms with van der Waals surface area (Å²) in [4.78, 5) is 15.1. The smallest absolute Gasteiger partial charge is 0.250 e. The van der Waals surface area contributed by atoms with Gasteiger partial charge in [0.25, 0.3) is 5.91 Å². The maximum Gasteiger partial charge on any atom is 0.250 e. The molecule has 1 amide bonds. The first-order chi connectivity index (χ1) is 7.77. The van der Waals surface area contributed by atoms with Crippen molar-refractivity contribution >= 4 is 17.3 Å². The Hall–Kier alpha value is -2.36. The fourth-order valence-corrected chi connectivity index (χ4v) is 1.39. The Morgan fingerprint density at radius 1 is 1.19 bits per heavy atom. The maximum absolute atomic E-state index is 11.2. The van der Waals surface area contributed by atoms with Gasteiger partial charge in [-0.1, -0.05) is 18.2 Å². The van der Waals surface area contributed by atoms with E-state index >= 15 is 0 Å². The third-order valence-electron chi connectivity index (χ3n) is 2.14. The SMILES string of the molecule is NC(=O)c1ccncc1Nc1ccccc1. The molecule has 0 aliphatic carbocycles. The number of nitrogens with two attached hydrogens (primary N) is 1. The largest absolute Gasteiger partial charge is 0.366 e. The Labute approximate surface area is 93.1 Å². The van der Waals surface area contributed by atoms with E-state index in [0.29, 0.717) is 11.3 Å².